The second kappa shape index (κ2) is 5.87. The molecule has 0 unspecified atom stereocenters. The number of aromatic nitrogens is 1. The Balaban J connectivity index is 2.14. The fourth-order valence-corrected chi connectivity index (χ4v) is 3.11. The highest BCUT2D eigenvalue weighted by Gasteiger charge is 2.31. The summed E-state index contributed by atoms with van der Waals surface area (Å²) in [5.41, 5.74) is 8.03. The van der Waals surface area contributed by atoms with Gasteiger partial charge in [0.2, 0.25) is 0 Å². The number of hydrogen-bond acceptors (Lipinski definition) is 3. The van der Waals surface area contributed by atoms with Crippen LogP contribution in [-0.4, -0.2) is 16.5 Å². The molecule has 1 aliphatic carbocycles. The van der Waals surface area contributed by atoms with E-state index < -0.39 is 0 Å². The van der Waals surface area contributed by atoms with Crippen LogP contribution in [0.1, 0.15) is 50.3 Å². The van der Waals surface area contributed by atoms with Crippen molar-refractivity contribution in [3.63, 3.8) is 0 Å². The lowest BCUT2D eigenvalue weighted by Crippen LogP contribution is -2.27. The third-order valence-corrected chi connectivity index (χ3v) is 4.56. The highest BCUT2D eigenvalue weighted by atomic mass is 32.1. The minimum atomic E-state index is 0.409. The predicted octanol–water partition coefficient (Wildman–Crippen LogP) is 3.41. The molecule has 1 saturated carbocycles. The van der Waals surface area contributed by atoms with Crippen LogP contribution in [0.3, 0.4) is 0 Å². The first-order valence-electron chi connectivity index (χ1n) is 7.08. The van der Waals surface area contributed by atoms with E-state index in [1.165, 1.54) is 32.1 Å². The van der Waals surface area contributed by atoms with Crippen molar-refractivity contribution in [1.29, 1.82) is 0 Å². The molecule has 1 fully saturated rings. The Morgan fingerprint density at radius 3 is 2.68 bits per heavy atom. The smallest absolute Gasteiger partial charge is 0.136 e. The molecule has 0 aliphatic heterocycles. The van der Waals surface area contributed by atoms with Gasteiger partial charge in [-0.15, -0.1) is 0 Å². The molecule has 3 N–H and O–H groups in total. The molecule has 0 radical (unpaired) electrons. The number of rotatable bonds is 5. The molecule has 0 saturated heterocycles. The summed E-state index contributed by atoms with van der Waals surface area (Å²) in [7, 11) is 0. The van der Waals surface area contributed by atoms with Crippen molar-refractivity contribution >= 4 is 23.0 Å². The average Bonchev–Trinajstić information content (AvgIpc) is 2.85. The average molecular weight is 277 g/mol. The lowest BCUT2D eigenvalue weighted by molar-refractivity contribution is 0.306. The fraction of sp³-hybridized carbons (Fsp3) is 0.600. The molecular formula is C15H23N3S. The Morgan fingerprint density at radius 1 is 1.42 bits per heavy atom. The summed E-state index contributed by atoms with van der Waals surface area (Å²) in [6, 6.07) is 3.91. The fourth-order valence-electron chi connectivity index (χ4n) is 2.94. The monoisotopic (exact) mass is 277 g/mol. The Labute approximate surface area is 121 Å². The molecule has 0 atom stereocenters. The number of nitrogens with one attached hydrogen (secondary N) is 1. The van der Waals surface area contributed by atoms with E-state index in [2.05, 4.69) is 17.2 Å². The van der Waals surface area contributed by atoms with Crippen LogP contribution in [0.25, 0.3) is 0 Å². The summed E-state index contributed by atoms with van der Waals surface area (Å²) in [6.45, 7) is 5.24. The van der Waals surface area contributed by atoms with Crippen molar-refractivity contribution < 1.29 is 0 Å². The second-order valence-electron chi connectivity index (χ2n) is 5.63. The number of hydrogen-bond donors (Lipinski definition) is 2. The van der Waals surface area contributed by atoms with Crippen LogP contribution in [0, 0.1) is 12.3 Å². The van der Waals surface area contributed by atoms with E-state index in [-0.39, 0.29) is 0 Å². The Bertz CT molecular complexity index is 464. The normalized spacial score (nSPS) is 17.4. The van der Waals surface area contributed by atoms with Crippen LogP contribution in [0.15, 0.2) is 12.1 Å². The van der Waals surface area contributed by atoms with Crippen molar-refractivity contribution in [1.82, 2.24) is 4.98 Å². The van der Waals surface area contributed by atoms with Gasteiger partial charge in [-0.25, -0.2) is 4.98 Å². The summed E-state index contributed by atoms with van der Waals surface area (Å²) < 4.78 is 0. The quantitative estimate of drug-likeness (QED) is 0.810. The number of nitrogens with two attached hydrogens (primary N) is 1. The lowest BCUT2D eigenvalue weighted by Gasteiger charge is -2.28. The Kier molecular flexibility index (Phi) is 4.40. The summed E-state index contributed by atoms with van der Waals surface area (Å²) in [5, 5.41) is 3.49. The topological polar surface area (TPSA) is 50.9 Å². The third-order valence-electron chi connectivity index (χ3n) is 4.34. The van der Waals surface area contributed by atoms with Gasteiger partial charge < -0.3 is 11.1 Å². The number of anilines is 1. The van der Waals surface area contributed by atoms with E-state index in [1.54, 1.807) is 0 Å². The number of thiocarbonyl (C=S) groups is 1. The van der Waals surface area contributed by atoms with Gasteiger partial charge in [-0.1, -0.05) is 32.0 Å². The van der Waals surface area contributed by atoms with Crippen LogP contribution in [0.5, 0.6) is 0 Å². The molecule has 0 spiro atoms. The van der Waals surface area contributed by atoms with Gasteiger partial charge in [0.25, 0.3) is 0 Å². The van der Waals surface area contributed by atoms with Crippen LogP contribution in [0.2, 0.25) is 0 Å². The Morgan fingerprint density at radius 2 is 2.11 bits per heavy atom. The molecule has 0 amide bonds. The van der Waals surface area contributed by atoms with E-state index in [0.717, 1.165) is 23.6 Å². The minimum Gasteiger partial charge on any atom is -0.389 e. The first kappa shape index (κ1) is 14.3. The van der Waals surface area contributed by atoms with Crippen molar-refractivity contribution in [2.45, 2.75) is 46.0 Å². The molecule has 1 aromatic heterocycles. The van der Waals surface area contributed by atoms with Crippen molar-refractivity contribution in [2.24, 2.45) is 11.1 Å². The van der Waals surface area contributed by atoms with Gasteiger partial charge >= 0.3 is 0 Å². The lowest BCUT2D eigenvalue weighted by atomic mass is 9.83. The maximum Gasteiger partial charge on any atom is 0.136 e. The van der Waals surface area contributed by atoms with E-state index in [0.29, 0.717) is 10.4 Å². The summed E-state index contributed by atoms with van der Waals surface area (Å²) in [5.74, 6) is 0.840. The van der Waals surface area contributed by atoms with Crippen LogP contribution in [-0.2, 0) is 0 Å². The van der Waals surface area contributed by atoms with Crippen LogP contribution < -0.4 is 11.1 Å². The molecule has 1 heterocycles. The molecule has 3 nitrogen and oxygen atoms in total. The van der Waals surface area contributed by atoms with Gasteiger partial charge in [0, 0.05) is 12.2 Å². The van der Waals surface area contributed by atoms with Crippen molar-refractivity contribution in [2.75, 3.05) is 11.9 Å². The van der Waals surface area contributed by atoms with Gasteiger partial charge in [-0.3, -0.25) is 0 Å². The first-order chi connectivity index (χ1) is 9.06. The first-order valence-corrected chi connectivity index (χ1v) is 7.48. The molecule has 4 heteroatoms. The van der Waals surface area contributed by atoms with E-state index in [4.69, 9.17) is 18.0 Å². The maximum absolute atomic E-state index is 5.77. The van der Waals surface area contributed by atoms with Crippen molar-refractivity contribution in [3.05, 3.63) is 23.4 Å². The van der Waals surface area contributed by atoms with E-state index >= 15 is 0 Å². The predicted molar refractivity (Wildman–Crippen MR) is 84.5 cm³/mol. The Hall–Kier alpha value is -1.16. The minimum absolute atomic E-state index is 0.409. The molecule has 2 rings (SSSR count). The highest BCUT2D eigenvalue weighted by molar-refractivity contribution is 7.80. The third kappa shape index (κ3) is 3.24. The second-order valence-corrected chi connectivity index (χ2v) is 6.07. The SMILES string of the molecule is CCC1(CNc2nc(C)ccc2C(N)=S)CCCC1. The van der Waals surface area contributed by atoms with Crippen molar-refractivity contribution in [3.8, 4) is 0 Å². The van der Waals surface area contributed by atoms with Crippen LogP contribution in [0.4, 0.5) is 5.82 Å². The molecule has 0 bridgehead atoms. The van der Waals surface area contributed by atoms with E-state index in [9.17, 15) is 0 Å². The molecule has 0 aromatic carbocycles. The van der Waals surface area contributed by atoms with Gasteiger partial charge in [-0.05, 0) is 43.7 Å². The number of pyridine rings is 1. The number of nitrogens with zero attached hydrogens (tertiary/aromatic N) is 1. The molecule has 1 aliphatic rings. The standard InChI is InChI=1S/C15H23N3S/c1-3-15(8-4-5-9-15)10-17-14-12(13(16)19)7-6-11(2)18-14/h6-7H,3-5,8-10H2,1-2H3,(H2,16,19)(H,17,18). The highest BCUT2D eigenvalue weighted by Crippen LogP contribution is 2.40. The summed E-state index contributed by atoms with van der Waals surface area (Å²) >= 11 is 5.10. The summed E-state index contributed by atoms with van der Waals surface area (Å²) in [6.07, 6.45) is 6.53. The largest absolute Gasteiger partial charge is 0.389 e. The van der Waals surface area contributed by atoms with Gasteiger partial charge in [-0.2, -0.15) is 0 Å². The van der Waals surface area contributed by atoms with Crippen LogP contribution >= 0.6 is 12.2 Å². The maximum atomic E-state index is 5.77. The number of aryl methyl sites for hydroxylation is 1. The zero-order valence-electron chi connectivity index (χ0n) is 11.8. The zero-order chi connectivity index (χ0) is 13.9. The molecular weight excluding hydrogens is 254 g/mol. The summed E-state index contributed by atoms with van der Waals surface area (Å²) in [4.78, 5) is 4.95. The van der Waals surface area contributed by atoms with Gasteiger partial charge in [0.15, 0.2) is 0 Å². The van der Waals surface area contributed by atoms with Gasteiger partial charge in [0.1, 0.15) is 10.8 Å². The zero-order valence-corrected chi connectivity index (χ0v) is 12.6. The molecule has 104 valence electrons. The molecule has 19 heavy (non-hydrogen) atoms. The van der Waals surface area contributed by atoms with E-state index in [1.807, 2.05) is 19.1 Å². The van der Waals surface area contributed by atoms with Gasteiger partial charge in [0.05, 0.1) is 5.56 Å². The molecule has 1 aromatic rings.